The first-order chi connectivity index (χ1) is 6.18. The van der Waals surface area contributed by atoms with Crippen LogP contribution in [0.4, 0.5) is 0 Å². The van der Waals surface area contributed by atoms with Crippen LogP contribution in [0.2, 0.25) is 0 Å². The lowest BCUT2D eigenvalue weighted by atomic mass is 10.2. The van der Waals surface area contributed by atoms with Crippen LogP contribution in [0.15, 0.2) is 27.5 Å². The minimum atomic E-state index is 0.154. The lowest BCUT2D eigenvalue weighted by molar-refractivity contribution is 0.480. The molecule has 0 atom stereocenters. The number of hydrogen-bond donors (Lipinski definition) is 1. The molecule has 0 unspecified atom stereocenters. The van der Waals surface area contributed by atoms with Crippen molar-refractivity contribution >= 4 is 42.8 Å². The van der Waals surface area contributed by atoms with Crippen molar-refractivity contribution in [3.63, 3.8) is 0 Å². The Labute approximate surface area is 91.1 Å². The summed E-state index contributed by atoms with van der Waals surface area (Å²) in [6, 6.07) is 5.18. The first-order valence-electron chi connectivity index (χ1n) is 3.49. The van der Waals surface area contributed by atoms with Crippen molar-refractivity contribution in [2.45, 2.75) is 0 Å². The molecule has 2 rings (SSSR count). The van der Waals surface area contributed by atoms with Gasteiger partial charge in [0.05, 0.1) is 0 Å². The number of aromatic hydroxyl groups is 1. The van der Waals surface area contributed by atoms with Crippen LogP contribution in [-0.2, 0) is 0 Å². The fourth-order valence-electron chi connectivity index (χ4n) is 1.07. The van der Waals surface area contributed by atoms with Crippen molar-refractivity contribution in [2.24, 2.45) is 0 Å². The van der Waals surface area contributed by atoms with Gasteiger partial charge in [-0.1, -0.05) is 6.07 Å². The number of para-hydroxylation sites is 1. The smallest absolute Gasteiger partial charge is 0.198 e. The summed E-state index contributed by atoms with van der Waals surface area (Å²) in [5.74, 6) is 0.154. The summed E-state index contributed by atoms with van der Waals surface area (Å²) >= 11 is 6.44. The molecule has 0 aliphatic rings. The highest BCUT2D eigenvalue weighted by Gasteiger charge is 2.06. The van der Waals surface area contributed by atoms with E-state index in [2.05, 4.69) is 41.8 Å². The number of fused-ring (bicyclic) bond motifs is 1. The maximum absolute atomic E-state index is 9.49. The normalized spacial score (nSPS) is 10.6. The van der Waals surface area contributed by atoms with E-state index >= 15 is 0 Å². The lowest BCUT2D eigenvalue weighted by Gasteiger charge is -2.01. The van der Waals surface area contributed by atoms with E-state index in [1.807, 2.05) is 6.07 Å². The fourth-order valence-corrected chi connectivity index (χ4v) is 2.15. The highest BCUT2D eigenvalue weighted by atomic mass is 79.9. The number of phenols is 1. The number of halogens is 2. The summed E-state index contributed by atoms with van der Waals surface area (Å²) in [6.45, 7) is 0. The summed E-state index contributed by atoms with van der Waals surface area (Å²) in [5, 5.41) is 10.3. The number of phenolic OH excluding ortho intramolecular Hbond substituents is 1. The molecular weight excluding hydrogens is 300 g/mol. The molecule has 0 aliphatic heterocycles. The van der Waals surface area contributed by atoms with Gasteiger partial charge in [0.1, 0.15) is 15.9 Å². The quantitative estimate of drug-likeness (QED) is 0.601. The van der Waals surface area contributed by atoms with Crippen LogP contribution in [0, 0.1) is 0 Å². The molecule has 0 saturated carbocycles. The standard InChI is InChI=1S/C8H4Br2N2O/c9-7-4-2-1-3-5(13)6(4)11-8(10)12-7/h1-3,13H. The Balaban J connectivity index is 2.94. The van der Waals surface area contributed by atoms with Crippen molar-refractivity contribution in [1.29, 1.82) is 0 Å². The van der Waals surface area contributed by atoms with E-state index < -0.39 is 0 Å². The minimum absolute atomic E-state index is 0.154. The first kappa shape index (κ1) is 8.90. The maximum atomic E-state index is 9.49. The van der Waals surface area contributed by atoms with E-state index in [4.69, 9.17) is 0 Å². The Morgan fingerprint density at radius 3 is 2.69 bits per heavy atom. The van der Waals surface area contributed by atoms with Crippen LogP contribution in [0.5, 0.6) is 5.75 Å². The third-order valence-corrected chi connectivity index (χ3v) is 2.59. The molecule has 2 aromatic rings. The van der Waals surface area contributed by atoms with E-state index in [1.54, 1.807) is 12.1 Å². The lowest BCUT2D eigenvalue weighted by Crippen LogP contribution is -1.87. The van der Waals surface area contributed by atoms with Crippen molar-refractivity contribution in [3.8, 4) is 5.75 Å². The molecule has 66 valence electrons. The predicted molar refractivity (Wildman–Crippen MR) is 56.6 cm³/mol. The van der Waals surface area contributed by atoms with E-state index in [9.17, 15) is 5.11 Å². The van der Waals surface area contributed by atoms with Gasteiger partial charge in [0.2, 0.25) is 0 Å². The Bertz CT molecular complexity index is 473. The summed E-state index contributed by atoms with van der Waals surface area (Å²) < 4.78 is 1.12. The SMILES string of the molecule is Oc1cccc2c(Br)nc(Br)nc12. The summed E-state index contributed by atoms with van der Waals surface area (Å²) in [5.41, 5.74) is 0.538. The van der Waals surface area contributed by atoms with E-state index in [1.165, 1.54) is 0 Å². The Kier molecular flexibility index (Phi) is 2.21. The van der Waals surface area contributed by atoms with Gasteiger partial charge in [0, 0.05) is 5.39 Å². The van der Waals surface area contributed by atoms with Gasteiger partial charge in [-0.05, 0) is 44.0 Å². The number of hydrogen-bond acceptors (Lipinski definition) is 3. The molecule has 0 aliphatic carbocycles. The third kappa shape index (κ3) is 1.53. The summed E-state index contributed by atoms with van der Waals surface area (Å²) in [7, 11) is 0. The van der Waals surface area contributed by atoms with Gasteiger partial charge >= 0.3 is 0 Å². The van der Waals surface area contributed by atoms with Gasteiger partial charge in [-0.3, -0.25) is 0 Å². The van der Waals surface area contributed by atoms with Crippen LogP contribution in [-0.4, -0.2) is 15.1 Å². The second-order valence-electron chi connectivity index (χ2n) is 2.46. The van der Waals surface area contributed by atoms with Gasteiger partial charge in [0.25, 0.3) is 0 Å². The number of nitrogens with zero attached hydrogens (tertiary/aromatic N) is 2. The summed E-state index contributed by atoms with van der Waals surface area (Å²) in [4.78, 5) is 8.12. The van der Waals surface area contributed by atoms with Crippen LogP contribution in [0.25, 0.3) is 10.9 Å². The number of rotatable bonds is 0. The van der Waals surface area contributed by atoms with Crippen molar-refractivity contribution in [2.75, 3.05) is 0 Å². The molecular formula is C8H4Br2N2O. The van der Waals surface area contributed by atoms with Gasteiger partial charge < -0.3 is 5.11 Å². The highest BCUT2D eigenvalue weighted by Crippen LogP contribution is 2.28. The Morgan fingerprint density at radius 2 is 1.92 bits per heavy atom. The average molecular weight is 304 g/mol. The maximum Gasteiger partial charge on any atom is 0.198 e. The van der Waals surface area contributed by atoms with Gasteiger partial charge in [-0.25, -0.2) is 9.97 Å². The van der Waals surface area contributed by atoms with Crippen LogP contribution in [0.1, 0.15) is 0 Å². The summed E-state index contributed by atoms with van der Waals surface area (Å²) in [6.07, 6.45) is 0. The number of aromatic nitrogens is 2. The molecule has 0 radical (unpaired) electrons. The first-order valence-corrected chi connectivity index (χ1v) is 5.08. The third-order valence-electron chi connectivity index (χ3n) is 1.63. The zero-order chi connectivity index (χ0) is 9.42. The number of benzene rings is 1. The molecule has 5 heteroatoms. The molecule has 0 amide bonds. The molecule has 1 aromatic carbocycles. The average Bonchev–Trinajstić information content (AvgIpc) is 2.07. The molecule has 1 N–H and O–H groups in total. The largest absolute Gasteiger partial charge is 0.506 e. The Hall–Kier alpha value is -0.680. The monoisotopic (exact) mass is 302 g/mol. The van der Waals surface area contributed by atoms with Crippen LogP contribution >= 0.6 is 31.9 Å². The topological polar surface area (TPSA) is 46.0 Å². The van der Waals surface area contributed by atoms with Gasteiger partial charge in [-0.15, -0.1) is 0 Å². The van der Waals surface area contributed by atoms with E-state index in [-0.39, 0.29) is 5.75 Å². The minimum Gasteiger partial charge on any atom is -0.506 e. The second kappa shape index (κ2) is 3.23. The highest BCUT2D eigenvalue weighted by molar-refractivity contribution is 9.11. The molecule has 3 nitrogen and oxygen atoms in total. The van der Waals surface area contributed by atoms with Crippen molar-refractivity contribution in [3.05, 3.63) is 27.5 Å². The molecule has 1 heterocycles. The zero-order valence-corrected chi connectivity index (χ0v) is 9.50. The molecule has 1 aromatic heterocycles. The molecule has 0 saturated heterocycles. The van der Waals surface area contributed by atoms with Gasteiger partial charge in [0.15, 0.2) is 4.73 Å². The predicted octanol–water partition coefficient (Wildman–Crippen LogP) is 2.86. The fraction of sp³-hybridized carbons (Fsp3) is 0. The van der Waals surface area contributed by atoms with E-state index in [0.717, 1.165) is 5.39 Å². The van der Waals surface area contributed by atoms with Crippen LogP contribution in [0.3, 0.4) is 0 Å². The second-order valence-corrected chi connectivity index (χ2v) is 3.92. The van der Waals surface area contributed by atoms with E-state index in [0.29, 0.717) is 14.9 Å². The molecule has 13 heavy (non-hydrogen) atoms. The molecule has 0 fully saturated rings. The molecule has 0 bridgehead atoms. The van der Waals surface area contributed by atoms with Crippen LogP contribution < -0.4 is 0 Å². The van der Waals surface area contributed by atoms with Gasteiger partial charge in [-0.2, -0.15) is 0 Å². The van der Waals surface area contributed by atoms with Crippen molar-refractivity contribution in [1.82, 2.24) is 9.97 Å². The molecule has 0 spiro atoms. The zero-order valence-electron chi connectivity index (χ0n) is 6.33. The Morgan fingerprint density at radius 1 is 1.15 bits per heavy atom. The van der Waals surface area contributed by atoms with Crippen molar-refractivity contribution < 1.29 is 5.11 Å².